The summed E-state index contributed by atoms with van der Waals surface area (Å²) >= 11 is 0. The lowest BCUT2D eigenvalue weighted by Gasteiger charge is -2.08. The minimum absolute atomic E-state index is 0.0570. The molecule has 0 atom stereocenters. The average molecular weight is 247 g/mol. The van der Waals surface area contributed by atoms with Gasteiger partial charge in [-0.2, -0.15) is 0 Å². The number of halogens is 1. The molecule has 1 aromatic heterocycles. The fourth-order valence-electron chi connectivity index (χ4n) is 1.42. The molecule has 2 rings (SSSR count). The molecule has 18 heavy (non-hydrogen) atoms. The van der Waals surface area contributed by atoms with E-state index in [2.05, 4.69) is 10.3 Å². The molecule has 0 unspecified atom stereocenters. The van der Waals surface area contributed by atoms with Crippen LogP contribution in [-0.2, 0) is 0 Å². The van der Waals surface area contributed by atoms with E-state index in [9.17, 15) is 9.18 Å². The highest BCUT2D eigenvalue weighted by Gasteiger charge is 2.10. The van der Waals surface area contributed by atoms with Gasteiger partial charge in [-0.15, -0.1) is 0 Å². The number of pyridine rings is 1. The molecular formula is C12H10FN3O2. The largest absolute Gasteiger partial charge is 0.478 e. The number of nitrogens with two attached hydrogens (primary N) is 1. The van der Waals surface area contributed by atoms with Crippen LogP contribution in [0.3, 0.4) is 0 Å². The van der Waals surface area contributed by atoms with Crippen LogP contribution in [0.4, 0.5) is 21.6 Å². The monoisotopic (exact) mass is 247 g/mol. The minimum Gasteiger partial charge on any atom is -0.478 e. The Balaban J connectivity index is 2.33. The van der Waals surface area contributed by atoms with Crippen LogP contribution in [0, 0.1) is 5.82 Å². The normalized spacial score (nSPS) is 10.1. The molecule has 0 bridgehead atoms. The highest BCUT2D eigenvalue weighted by Crippen LogP contribution is 2.20. The first-order chi connectivity index (χ1) is 8.58. The number of carboxylic acid groups (broad SMARTS) is 1. The molecule has 0 radical (unpaired) electrons. The van der Waals surface area contributed by atoms with Crippen LogP contribution in [0.2, 0.25) is 0 Å². The van der Waals surface area contributed by atoms with Crippen LogP contribution in [0.15, 0.2) is 36.5 Å². The minimum atomic E-state index is -1.16. The summed E-state index contributed by atoms with van der Waals surface area (Å²) in [6.07, 6.45) is 1.21. The Bertz CT molecular complexity index is 602. The number of hydrogen-bond acceptors (Lipinski definition) is 4. The number of anilines is 3. The molecule has 0 aliphatic heterocycles. The second-order valence-electron chi connectivity index (χ2n) is 3.57. The van der Waals surface area contributed by atoms with Gasteiger partial charge in [0.15, 0.2) is 0 Å². The van der Waals surface area contributed by atoms with Crippen molar-refractivity contribution in [1.82, 2.24) is 4.98 Å². The highest BCUT2D eigenvalue weighted by molar-refractivity contribution is 5.94. The molecule has 0 aliphatic rings. The summed E-state index contributed by atoms with van der Waals surface area (Å²) < 4.78 is 13.4. The van der Waals surface area contributed by atoms with Crippen molar-refractivity contribution in [2.45, 2.75) is 0 Å². The van der Waals surface area contributed by atoms with E-state index in [1.165, 1.54) is 24.4 Å². The SMILES string of the molecule is Nc1cnc(Nc2ccccc2F)cc1C(=O)O. The van der Waals surface area contributed by atoms with Crippen molar-refractivity contribution < 1.29 is 14.3 Å². The molecule has 6 heteroatoms. The van der Waals surface area contributed by atoms with E-state index < -0.39 is 11.8 Å². The summed E-state index contributed by atoms with van der Waals surface area (Å²) in [7, 11) is 0. The van der Waals surface area contributed by atoms with E-state index in [1.807, 2.05) is 0 Å². The fraction of sp³-hybridized carbons (Fsp3) is 0. The first-order valence-corrected chi connectivity index (χ1v) is 5.08. The van der Waals surface area contributed by atoms with Gasteiger partial charge in [0.25, 0.3) is 0 Å². The van der Waals surface area contributed by atoms with Crippen molar-refractivity contribution in [3.8, 4) is 0 Å². The maximum absolute atomic E-state index is 13.4. The predicted molar refractivity (Wildman–Crippen MR) is 65.3 cm³/mol. The van der Waals surface area contributed by atoms with Crippen LogP contribution in [-0.4, -0.2) is 16.1 Å². The van der Waals surface area contributed by atoms with Gasteiger partial charge in [0.05, 0.1) is 23.1 Å². The van der Waals surface area contributed by atoms with Gasteiger partial charge >= 0.3 is 5.97 Å². The van der Waals surface area contributed by atoms with E-state index in [-0.39, 0.29) is 22.8 Å². The molecule has 0 saturated carbocycles. The van der Waals surface area contributed by atoms with Gasteiger partial charge in [0, 0.05) is 0 Å². The number of para-hydroxylation sites is 1. The van der Waals surface area contributed by atoms with Gasteiger partial charge in [-0.3, -0.25) is 0 Å². The third-order valence-corrected chi connectivity index (χ3v) is 2.30. The van der Waals surface area contributed by atoms with Crippen LogP contribution in [0.25, 0.3) is 0 Å². The van der Waals surface area contributed by atoms with Crippen LogP contribution >= 0.6 is 0 Å². The van der Waals surface area contributed by atoms with Gasteiger partial charge in [0.2, 0.25) is 0 Å². The lowest BCUT2D eigenvalue weighted by atomic mass is 10.2. The Kier molecular flexibility index (Phi) is 3.09. The number of nitrogens with zero attached hydrogens (tertiary/aromatic N) is 1. The molecular weight excluding hydrogens is 237 g/mol. The van der Waals surface area contributed by atoms with Gasteiger partial charge in [-0.1, -0.05) is 12.1 Å². The summed E-state index contributed by atoms with van der Waals surface area (Å²) in [5.41, 5.74) is 5.66. The summed E-state index contributed by atoms with van der Waals surface area (Å²) in [4.78, 5) is 14.8. The predicted octanol–water partition coefficient (Wildman–Crippen LogP) is 2.24. The maximum Gasteiger partial charge on any atom is 0.337 e. The fourth-order valence-corrected chi connectivity index (χ4v) is 1.42. The van der Waals surface area contributed by atoms with Crippen molar-refractivity contribution in [2.75, 3.05) is 11.1 Å². The third-order valence-electron chi connectivity index (χ3n) is 2.30. The third kappa shape index (κ3) is 2.37. The number of carboxylic acids is 1. The van der Waals surface area contributed by atoms with Crippen molar-refractivity contribution in [1.29, 1.82) is 0 Å². The molecule has 92 valence electrons. The average Bonchev–Trinajstić information content (AvgIpc) is 2.34. The zero-order chi connectivity index (χ0) is 13.1. The number of carbonyl (C=O) groups is 1. The topological polar surface area (TPSA) is 88.2 Å². The Labute approximate surface area is 102 Å². The van der Waals surface area contributed by atoms with E-state index in [1.54, 1.807) is 12.1 Å². The Morgan fingerprint density at radius 2 is 2.11 bits per heavy atom. The second kappa shape index (κ2) is 4.70. The zero-order valence-electron chi connectivity index (χ0n) is 9.22. The molecule has 0 amide bonds. The Morgan fingerprint density at radius 3 is 2.78 bits per heavy atom. The number of aromatic carboxylic acids is 1. The molecule has 2 aromatic rings. The number of nitrogens with one attached hydrogen (secondary N) is 1. The summed E-state index contributed by atoms with van der Waals surface area (Å²) in [5, 5.41) is 11.6. The first-order valence-electron chi connectivity index (χ1n) is 5.08. The van der Waals surface area contributed by atoms with Crippen molar-refractivity contribution in [3.63, 3.8) is 0 Å². The van der Waals surface area contributed by atoms with Crippen LogP contribution in [0.1, 0.15) is 10.4 Å². The van der Waals surface area contributed by atoms with Crippen molar-refractivity contribution in [2.24, 2.45) is 0 Å². The molecule has 0 aliphatic carbocycles. The van der Waals surface area contributed by atoms with Gasteiger partial charge in [0.1, 0.15) is 11.6 Å². The summed E-state index contributed by atoms with van der Waals surface area (Å²) in [6, 6.07) is 7.27. The zero-order valence-corrected chi connectivity index (χ0v) is 9.22. The smallest absolute Gasteiger partial charge is 0.337 e. The molecule has 0 fully saturated rings. The summed E-state index contributed by atoms with van der Waals surface area (Å²) in [6.45, 7) is 0. The van der Waals surface area contributed by atoms with E-state index >= 15 is 0 Å². The Morgan fingerprint density at radius 1 is 1.39 bits per heavy atom. The Hall–Kier alpha value is -2.63. The molecule has 0 saturated heterocycles. The van der Waals surface area contributed by atoms with Crippen molar-refractivity contribution in [3.05, 3.63) is 47.9 Å². The van der Waals surface area contributed by atoms with Crippen LogP contribution < -0.4 is 11.1 Å². The lowest BCUT2D eigenvalue weighted by molar-refractivity contribution is 0.0698. The van der Waals surface area contributed by atoms with E-state index in [4.69, 9.17) is 10.8 Å². The summed E-state index contributed by atoms with van der Waals surface area (Å²) in [5.74, 6) is -1.40. The van der Waals surface area contributed by atoms with E-state index in [0.717, 1.165) is 0 Å². The van der Waals surface area contributed by atoms with Crippen LogP contribution in [0.5, 0.6) is 0 Å². The molecule has 1 aromatic carbocycles. The van der Waals surface area contributed by atoms with Crippen molar-refractivity contribution >= 4 is 23.2 Å². The number of rotatable bonds is 3. The maximum atomic E-state index is 13.4. The second-order valence-corrected chi connectivity index (χ2v) is 3.57. The highest BCUT2D eigenvalue weighted by atomic mass is 19.1. The molecule has 4 N–H and O–H groups in total. The number of aromatic nitrogens is 1. The van der Waals surface area contributed by atoms with Gasteiger partial charge in [-0.05, 0) is 18.2 Å². The number of benzene rings is 1. The quantitative estimate of drug-likeness (QED) is 0.774. The van der Waals surface area contributed by atoms with Gasteiger partial charge in [-0.25, -0.2) is 14.2 Å². The van der Waals surface area contributed by atoms with E-state index in [0.29, 0.717) is 0 Å². The van der Waals surface area contributed by atoms with Gasteiger partial charge < -0.3 is 16.2 Å². The first kappa shape index (κ1) is 11.8. The standard InChI is InChI=1S/C12H10FN3O2/c13-8-3-1-2-4-10(8)16-11-5-7(12(17)18)9(14)6-15-11/h1-6H,14H2,(H,15,16)(H,17,18). The molecule has 1 heterocycles. The number of nitrogen functional groups attached to an aromatic ring is 1. The number of hydrogen-bond donors (Lipinski definition) is 3. The molecule has 0 spiro atoms. The lowest BCUT2D eigenvalue weighted by Crippen LogP contribution is -2.05. The molecule has 5 nitrogen and oxygen atoms in total.